The first-order valence-corrected chi connectivity index (χ1v) is 5.40. The van der Waals surface area contributed by atoms with E-state index in [0.717, 1.165) is 23.1 Å². The van der Waals surface area contributed by atoms with Crippen molar-refractivity contribution in [2.75, 3.05) is 0 Å². The lowest BCUT2D eigenvalue weighted by atomic mass is 10.0. The third kappa shape index (κ3) is 2.65. The Balaban J connectivity index is 3.20. The van der Waals surface area contributed by atoms with Crippen LogP contribution in [0.25, 0.3) is 5.57 Å². The summed E-state index contributed by atoms with van der Waals surface area (Å²) < 4.78 is 13.1. The maximum atomic E-state index is 13.1. The molecule has 0 nitrogen and oxygen atoms in total. The summed E-state index contributed by atoms with van der Waals surface area (Å²) in [6.07, 6.45) is 0.922. The van der Waals surface area contributed by atoms with Crippen LogP contribution in [0.3, 0.4) is 0 Å². The van der Waals surface area contributed by atoms with Gasteiger partial charge in [0.05, 0.1) is 0 Å². The van der Waals surface area contributed by atoms with Crippen molar-refractivity contribution in [2.24, 2.45) is 0 Å². The van der Waals surface area contributed by atoms with Gasteiger partial charge in [0.2, 0.25) is 0 Å². The van der Waals surface area contributed by atoms with Gasteiger partial charge in [-0.3, -0.25) is 0 Å². The molecule has 14 heavy (non-hydrogen) atoms. The second-order valence-corrected chi connectivity index (χ2v) is 4.08. The van der Waals surface area contributed by atoms with Crippen LogP contribution in [0.15, 0.2) is 24.8 Å². The van der Waals surface area contributed by atoms with Gasteiger partial charge in [0.15, 0.2) is 0 Å². The molecular weight excluding hydrogens is 194 g/mol. The average Bonchev–Trinajstić information content (AvgIpc) is 2.16. The molecular formula is C12H16FP. The normalized spacial score (nSPS) is 12.6. The highest BCUT2D eigenvalue weighted by Crippen LogP contribution is 2.28. The predicted molar refractivity (Wildman–Crippen MR) is 64.1 cm³/mol. The summed E-state index contributed by atoms with van der Waals surface area (Å²) in [7, 11) is 2.17. The van der Waals surface area contributed by atoms with Gasteiger partial charge >= 0.3 is 0 Å². The molecule has 76 valence electrons. The van der Waals surface area contributed by atoms with Gasteiger partial charge in [0, 0.05) is 0 Å². The number of alkyl halides is 1. The second kappa shape index (κ2) is 4.70. The number of aryl methyl sites for hydroxylation is 1. The van der Waals surface area contributed by atoms with Crippen LogP contribution in [0, 0.1) is 0 Å². The van der Waals surface area contributed by atoms with Crippen molar-refractivity contribution in [1.82, 2.24) is 0 Å². The SMILES string of the molecule is C=C(C)c1cc(CC)cc([C@@H](F)P)c1. The van der Waals surface area contributed by atoms with Crippen LogP contribution in [0.2, 0.25) is 0 Å². The number of hydrogen-bond donors (Lipinski definition) is 0. The number of benzene rings is 1. The summed E-state index contributed by atoms with van der Waals surface area (Å²) in [4.78, 5) is 0. The first-order valence-electron chi connectivity index (χ1n) is 4.74. The second-order valence-electron chi connectivity index (χ2n) is 3.50. The first kappa shape index (κ1) is 11.4. The predicted octanol–water partition coefficient (Wildman–Crippen LogP) is 4.13. The topological polar surface area (TPSA) is 0 Å². The minimum absolute atomic E-state index is 0.715. The molecule has 0 saturated heterocycles. The first-order chi connectivity index (χ1) is 6.54. The molecule has 0 bridgehead atoms. The summed E-state index contributed by atoms with van der Waals surface area (Å²) >= 11 is 0. The zero-order valence-corrected chi connectivity index (χ0v) is 9.83. The van der Waals surface area contributed by atoms with Crippen LogP contribution in [0.1, 0.15) is 36.5 Å². The minimum atomic E-state index is -0.986. The Bertz CT molecular complexity index is 342. The van der Waals surface area contributed by atoms with Gasteiger partial charge in [-0.15, -0.1) is 0 Å². The van der Waals surface area contributed by atoms with Gasteiger partial charge in [-0.05, 0) is 36.1 Å². The van der Waals surface area contributed by atoms with Crippen molar-refractivity contribution in [2.45, 2.75) is 26.2 Å². The van der Waals surface area contributed by atoms with E-state index in [1.165, 1.54) is 0 Å². The van der Waals surface area contributed by atoms with Gasteiger partial charge in [0.1, 0.15) is 5.91 Å². The molecule has 1 aromatic rings. The molecule has 1 unspecified atom stereocenters. The van der Waals surface area contributed by atoms with Crippen molar-refractivity contribution in [3.05, 3.63) is 41.5 Å². The van der Waals surface area contributed by atoms with Gasteiger partial charge in [-0.1, -0.05) is 40.4 Å². The van der Waals surface area contributed by atoms with Crippen LogP contribution >= 0.6 is 9.24 Å². The zero-order chi connectivity index (χ0) is 10.7. The van der Waals surface area contributed by atoms with E-state index in [4.69, 9.17) is 0 Å². The molecule has 0 N–H and O–H groups in total. The standard InChI is InChI=1S/C12H16FP/c1-4-9-5-10(8(2)3)7-11(6-9)12(13)14/h5-7,12H,2,4,14H2,1,3H3/t12-/m0/s1. The van der Waals surface area contributed by atoms with Gasteiger partial charge in [0.25, 0.3) is 0 Å². The van der Waals surface area contributed by atoms with Gasteiger partial charge < -0.3 is 0 Å². The monoisotopic (exact) mass is 210 g/mol. The molecule has 1 rings (SSSR count). The molecule has 0 radical (unpaired) electrons. The third-order valence-electron chi connectivity index (χ3n) is 2.23. The van der Waals surface area contributed by atoms with Crippen LogP contribution in [0.5, 0.6) is 0 Å². The molecule has 0 amide bonds. The summed E-state index contributed by atoms with van der Waals surface area (Å²) in [5.41, 5.74) is 3.88. The molecule has 0 aromatic heterocycles. The van der Waals surface area contributed by atoms with Crippen LogP contribution in [-0.4, -0.2) is 0 Å². The number of allylic oxidation sites excluding steroid dienone is 1. The summed E-state index contributed by atoms with van der Waals surface area (Å²) in [5, 5.41) is 0. The Hall–Kier alpha value is -0.680. The Labute approximate surface area is 87.4 Å². The third-order valence-corrected chi connectivity index (χ3v) is 2.62. The Kier molecular flexibility index (Phi) is 3.83. The van der Waals surface area contributed by atoms with E-state index in [9.17, 15) is 4.39 Å². The minimum Gasteiger partial charge on any atom is -0.238 e. The summed E-state index contributed by atoms with van der Waals surface area (Å²) in [5.74, 6) is -0.986. The van der Waals surface area contributed by atoms with Crippen LogP contribution in [-0.2, 0) is 6.42 Å². The van der Waals surface area contributed by atoms with Gasteiger partial charge in [-0.2, -0.15) is 0 Å². The van der Waals surface area contributed by atoms with Crippen molar-refractivity contribution >= 4 is 14.8 Å². The molecule has 2 heteroatoms. The Morgan fingerprint density at radius 3 is 2.57 bits per heavy atom. The van der Waals surface area contributed by atoms with E-state index in [2.05, 4.69) is 28.8 Å². The van der Waals surface area contributed by atoms with Crippen molar-refractivity contribution in [3.63, 3.8) is 0 Å². The van der Waals surface area contributed by atoms with E-state index >= 15 is 0 Å². The number of rotatable bonds is 3. The van der Waals surface area contributed by atoms with Crippen LogP contribution < -0.4 is 0 Å². The largest absolute Gasteiger partial charge is 0.238 e. The fourth-order valence-electron chi connectivity index (χ4n) is 1.33. The van der Waals surface area contributed by atoms with E-state index < -0.39 is 5.91 Å². The summed E-state index contributed by atoms with van der Waals surface area (Å²) in [6.45, 7) is 7.88. The molecule has 0 aliphatic carbocycles. The molecule has 0 saturated carbocycles. The van der Waals surface area contributed by atoms with Crippen molar-refractivity contribution in [1.29, 1.82) is 0 Å². The molecule has 0 aliphatic rings. The molecule has 2 atom stereocenters. The Morgan fingerprint density at radius 1 is 1.50 bits per heavy atom. The smallest absolute Gasteiger partial charge is 0.138 e. The molecule has 1 aromatic carbocycles. The van der Waals surface area contributed by atoms with Crippen molar-refractivity contribution < 1.29 is 4.39 Å². The molecule has 0 heterocycles. The van der Waals surface area contributed by atoms with E-state index in [1.807, 2.05) is 19.1 Å². The average molecular weight is 210 g/mol. The Morgan fingerprint density at radius 2 is 2.14 bits per heavy atom. The van der Waals surface area contributed by atoms with Crippen molar-refractivity contribution in [3.8, 4) is 0 Å². The number of halogens is 1. The van der Waals surface area contributed by atoms with E-state index in [-0.39, 0.29) is 0 Å². The lowest BCUT2D eigenvalue weighted by Crippen LogP contribution is -1.90. The lowest BCUT2D eigenvalue weighted by molar-refractivity contribution is 0.468. The van der Waals surface area contributed by atoms with Gasteiger partial charge in [-0.25, -0.2) is 4.39 Å². The van der Waals surface area contributed by atoms with E-state index in [1.54, 1.807) is 0 Å². The highest BCUT2D eigenvalue weighted by atomic mass is 31.0. The quantitative estimate of drug-likeness (QED) is 0.658. The maximum absolute atomic E-state index is 13.1. The molecule has 0 aliphatic heterocycles. The number of hydrogen-bond acceptors (Lipinski definition) is 0. The zero-order valence-electron chi connectivity index (χ0n) is 8.68. The van der Waals surface area contributed by atoms with E-state index in [0.29, 0.717) is 5.56 Å². The fourth-order valence-corrected chi connectivity index (χ4v) is 1.52. The molecule has 0 spiro atoms. The van der Waals surface area contributed by atoms with Crippen LogP contribution in [0.4, 0.5) is 4.39 Å². The summed E-state index contributed by atoms with van der Waals surface area (Å²) in [6, 6.07) is 5.84. The molecule has 0 fully saturated rings. The maximum Gasteiger partial charge on any atom is 0.138 e. The fraction of sp³-hybridized carbons (Fsp3) is 0.333. The lowest BCUT2D eigenvalue weighted by Gasteiger charge is -2.09. The highest BCUT2D eigenvalue weighted by Gasteiger charge is 2.06. The highest BCUT2D eigenvalue weighted by molar-refractivity contribution is 7.16.